The number of fused-ring (bicyclic) bond motifs is 2. The molecule has 0 fully saturated rings. The van der Waals surface area contributed by atoms with Gasteiger partial charge in [0.25, 0.3) is 0 Å². The van der Waals surface area contributed by atoms with E-state index in [4.69, 9.17) is 0 Å². The van der Waals surface area contributed by atoms with Crippen LogP contribution in [0.2, 0.25) is 0 Å². The molecule has 3 nitrogen and oxygen atoms in total. The Morgan fingerprint density at radius 3 is 2.43 bits per heavy atom. The molecule has 0 unspecified atom stereocenters. The molecule has 4 aromatic rings. The first-order chi connectivity index (χ1) is 14.1. The van der Waals surface area contributed by atoms with Gasteiger partial charge in [0.05, 0.1) is 5.52 Å². The molecule has 3 heterocycles. The highest BCUT2D eigenvalue weighted by molar-refractivity contribution is 5.93. The molecule has 5 heteroatoms. The minimum Gasteiger partial charge on any atom is -0.350 e. The zero-order valence-electron chi connectivity index (χ0n) is 17.2. The summed E-state index contributed by atoms with van der Waals surface area (Å²) in [6, 6.07) is 20.5. The molecule has 0 aliphatic carbocycles. The van der Waals surface area contributed by atoms with E-state index in [2.05, 4.69) is 76.8 Å². The van der Waals surface area contributed by atoms with Gasteiger partial charge in [0.15, 0.2) is 5.82 Å². The number of benzene rings is 2. The number of rotatable bonds is 3. The number of nitrogens with zero attached hydrogens (tertiary/aromatic N) is 3. The summed E-state index contributed by atoms with van der Waals surface area (Å²) in [7, 11) is 0. The SMILES string of the molecule is Cc1c(C)n(Cc2ccccc2)c2c(N3CCc4ccccc4C3)nc(F)cc12.Cl. The van der Waals surface area contributed by atoms with E-state index >= 15 is 0 Å². The van der Waals surface area contributed by atoms with E-state index in [9.17, 15) is 4.39 Å². The number of anilines is 1. The van der Waals surface area contributed by atoms with Crippen molar-refractivity contribution in [1.29, 1.82) is 0 Å². The molecular formula is C25H25ClFN3. The van der Waals surface area contributed by atoms with Gasteiger partial charge in [0.2, 0.25) is 5.95 Å². The van der Waals surface area contributed by atoms with Gasteiger partial charge in [-0.25, -0.2) is 4.98 Å². The maximum Gasteiger partial charge on any atom is 0.215 e. The fourth-order valence-electron chi connectivity index (χ4n) is 4.47. The van der Waals surface area contributed by atoms with Gasteiger partial charge < -0.3 is 9.47 Å². The molecule has 2 aromatic carbocycles. The van der Waals surface area contributed by atoms with Gasteiger partial charge >= 0.3 is 0 Å². The van der Waals surface area contributed by atoms with Crippen molar-refractivity contribution in [3.63, 3.8) is 0 Å². The van der Waals surface area contributed by atoms with Crippen molar-refractivity contribution in [3.05, 3.63) is 94.6 Å². The summed E-state index contributed by atoms with van der Waals surface area (Å²) < 4.78 is 16.8. The molecule has 0 amide bonds. The van der Waals surface area contributed by atoms with E-state index in [0.29, 0.717) is 0 Å². The van der Waals surface area contributed by atoms with Crippen LogP contribution < -0.4 is 4.90 Å². The van der Waals surface area contributed by atoms with E-state index < -0.39 is 5.95 Å². The van der Waals surface area contributed by atoms with Crippen LogP contribution >= 0.6 is 12.4 Å². The monoisotopic (exact) mass is 421 g/mol. The van der Waals surface area contributed by atoms with E-state index in [1.165, 1.54) is 16.7 Å². The van der Waals surface area contributed by atoms with Crippen LogP contribution in [0.4, 0.5) is 10.2 Å². The molecule has 0 spiro atoms. The highest BCUT2D eigenvalue weighted by atomic mass is 35.5. The molecule has 0 saturated heterocycles. The lowest BCUT2D eigenvalue weighted by Gasteiger charge is -2.30. The Bertz CT molecular complexity index is 1200. The van der Waals surface area contributed by atoms with Crippen molar-refractivity contribution in [2.45, 2.75) is 33.4 Å². The Morgan fingerprint density at radius 2 is 1.67 bits per heavy atom. The lowest BCUT2D eigenvalue weighted by atomic mass is 10.00. The highest BCUT2D eigenvalue weighted by Crippen LogP contribution is 2.35. The summed E-state index contributed by atoms with van der Waals surface area (Å²) in [5.74, 6) is 0.341. The number of aryl methyl sites for hydroxylation is 1. The van der Waals surface area contributed by atoms with Crippen LogP contribution in [0.5, 0.6) is 0 Å². The van der Waals surface area contributed by atoms with Crippen LogP contribution in [0.15, 0.2) is 60.7 Å². The first-order valence-electron chi connectivity index (χ1n) is 10.1. The van der Waals surface area contributed by atoms with Crippen molar-refractivity contribution < 1.29 is 4.39 Å². The molecule has 0 N–H and O–H groups in total. The molecule has 5 rings (SSSR count). The van der Waals surface area contributed by atoms with Crippen molar-refractivity contribution in [2.24, 2.45) is 0 Å². The zero-order chi connectivity index (χ0) is 20.0. The summed E-state index contributed by atoms with van der Waals surface area (Å²) in [6.07, 6.45) is 0.952. The molecule has 2 aromatic heterocycles. The molecule has 0 bridgehead atoms. The minimum absolute atomic E-state index is 0. The van der Waals surface area contributed by atoms with Crippen LogP contribution in [0, 0.1) is 19.8 Å². The Balaban J connectivity index is 0.00000218. The molecule has 1 aliphatic heterocycles. The fourth-order valence-corrected chi connectivity index (χ4v) is 4.47. The van der Waals surface area contributed by atoms with Crippen molar-refractivity contribution in [1.82, 2.24) is 9.55 Å². The van der Waals surface area contributed by atoms with Crippen LogP contribution in [0.25, 0.3) is 10.9 Å². The number of halogens is 2. The maximum absolute atomic E-state index is 14.5. The average Bonchev–Trinajstić information content (AvgIpc) is 2.98. The van der Waals surface area contributed by atoms with Gasteiger partial charge in [-0.2, -0.15) is 4.39 Å². The predicted molar refractivity (Wildman–Crippen MR) is 123 cm³/mol. The third-order valence-corrected chi connectivity index (χ3v) is 6.18. The number of pyridine rings is 1. The molecule has 0 radical (unpaired) electrons. The lowest BCUT2D eigenvalue weighted by molar-refractivity contribution is 0.580. The highest BCUT2D eigenvalue weighted by Gasteiger charge is 2.24. The van der Waals surface area contributed by atoms with Crippen molar-refractivity contribution in [3.8, 4) is 0 Å². The molecule has 154 valence electrons. The van der Waals surface area contributed by atoms with Gasteiger partial charge in [-0.05, 0) is 42.5 Å². The summed E-state index contributed by atoms with van der Waals surface area (Å²) in [6.45, 7) is 6.55. The van der Waals surface area contributed by atoms with Gasteiger partial charge in [-0.1, -0.05) is 54.6 Å². The van der Waals surface area contributed by atoms with Gasteiger partial charge in [0.1, 0.15) is 0 Å². The van der Waals surface area contributed by atoms with Crippen LogP contribution in [-0.4, -0.2) is 16.1 Å². The van der Waals surface area contributed by atoms with Crippen molar-refractivity contribution in [2.75, 3.05) is 11.4 Å². The summed E-state index contributed by atoms with van der Waals surface area (Å²) in [4.78, 5) is 6.62. The van der Waals surface area contributed by atoms with Crippen molar-refractivity contribution >= 4 is 29.1 Å². The summed E-state index contributed by atoms with van der Waals surface area (Å²) in [5, 5.41) is 0.958. The van der Waals surface area contributed by atoms with Gasteiger partial charge in [0, 0.05) is 36.8 Å². The minimum atomic E-state index is -0.411. The molecule has 0 saturated carbocycles. The van der Waals surface area contributed by atoms with E-state index in [1.54, 1.807) is 6.07 Å². The fraction of sp³-hybridized carbons (Fsp3) is 0.240. The lowest BCUT2D eigenvalue weighted by Crippen LogP contribution is -2.31. The Kier molecular flexibility index (Phi) is 5.52. The third kappa shape index (κ3) is 3.46. The number of hydrogen-bond donors (Lipinski definition) is 0. The first-order valence-corrected chi connectivity index (χ1v) is 10.1. The third-order valence-electron chi connectivity index (χ3n) is 6.18. The van der Waals surface area contributed by atoms with Crippen LogP contribution in [-0.2, 0) is 19.5 Å². The second kappa shape index (κ2) is 8.11. The Labute approximate surface area is 182 Å². The topological polar surface area (TPSA) is 21.1 Å². The molecular weight excluding hydrogens is 397 g/mol. The van der Waals surface area contributed by atoms with Gasteiger partial charge in [-0.15, -0.1) is 12.4 Å². The van der Waals surface area contributed by atoms with E-state index in [-0.39, 0.29) is 12.4 Å². The van der Waals surface area contributed by atoms with E-state index in [1.807, 2.05) is 6.07 Å². The van der Waals surface area contributed by atoms with Crippen LogP contribution in [0.3, 0.4) is 0 Å². The number of hydrogen-bond acceptors (Lipinski definition) is 2. The maximum atomic E-state index is 14.5. The smallest absolute Gasteiger partial charge is 0.215 e. The second-order valence-electron chi connectivity index (χ2n) is 7.89. The Morgan fingerprint density at radius 1 is 0.967 bits per heavy atom. The standard InChI is InChI=1S/C25H24FN3.ClH/c1-17-18(2)29(15-19-8-4-3-5-9-19)24-22(17)14-23(26)27-25(24)28-13-12-20-10-6-7-11-21(20)16-28;/h3-11,14H,12-13,15-16H2,1-2H3;1H. The summed E-state index contributed by atoms with van der Waals surface area (Å²) in [5.41, 5.74) is 7.22. The van der Waals surface area contributed by atoms with Gasteiger partial charge in [-0.3, -0.25) is 0 Å². The molecule has 1 aliphatic rings. The molecule has 0 atom stereocenters. The first kappa shape index (κ1) is 20.4. The second-order valence-corrected chi connectivity index (χ2v) is 7.89. The molecule has 30 heavy (non-hydrogen) atoms. The average molecular weight is 422 g/mol. The van der Waals surface area contributed by atoms with Crippen LogP contribution in [0.1, 0.15) is 27.9 Å². The zero-order valence-corrected chi connectivity index (χ0v) is 18.0. The Hall–Kier alpha value is -2.85. The predicted octanol–water partition coefficient (Wildman–Crippen LogP) is 5.83. The normalized spacial score (nSPS) is 13.2. The van der Waals surface area contributed by atoms with E-state index in [0.717, 1.165) is 54.0 Å². The largest absolute Gasteiger partial charge is 0.350 e. The quantitative estimate of drug-likeness (QED) is 0.388. The summed E-state index contributed by atoms with van der Waals surface area (Å²) >= 11 is 0. The number of aromatic nitrogens is 2.